The van der Waals surface area contributed by atoms with Crippen LogP contribution in [0.4, 0.5) is 5.95 Å². The number of aromatic nitrogens is 2. The fourth-order valence-electron chi connectivity index (χ4n) is 3.61. The van der Waals surface area contributed by atoms with E-state index in [4.69, 9.17) is 22.3 Å². The first kappa shape index (κ1) is 19.4. The van der Waals surface area contributed by atoms with Crippen LogP contribution in [-0.4, -0.2) is 41.1 Å². The lowest BCUT2D eigenvalue weighted by Gasteiger charge is -2.21. The second kappa shape index (κ2) is 8.21. The highest BCUT2D eigenvalue weighted by molar-refractivity contribution is 7.18. The molecule has 1 aromatic carbocycles. The molecule has 0 unspecified atom stereocenters. The van der Waals surface area contributed by atoms with Crippen LogP contribution in [0.25, 0.3) is 15.9 Å². The lowest BCUT2D eigenvalue weighted by Crippen LogP contribution is -2.27. The number of fused-ring (bicyclic) bond motifs is 3. The number of hydrogen-bond acceptors (Lipinski definition) is 6. The first-order valence-electron chi connectivity index (χ1n) is 9.54. The van der Waals surface area contributed by atoms with Gasteiger partial charge in [-0.15, -0.1) is 11.3 Å². The first-order chi connectivity index (χ1) is 13.6. The molecular formula is C20H24ClN5OS. The van der Waals surface area contributed by atoms with Crippen LogP contribution in [0.1, 0.15) is 23.3 Å². The van der Waals surface area contributed by atoms with E-state index in [2.05, 4.69) is 17.3 Å². The molecule has 148 valence electrons. The van der Waals surface area contributed by atoms with Crippen molar-refractivity contribution in [1.29, 1.82) is 0 Å². The van der Waals surface area contributed by atoms with Crippen molar-refractivity contribution in [1.82, 2.24) is 14.5 Å². The summed E-state index contributed by atoms with van der Waals surface area (Å²) in [7, 11) is 2.11. The topological polar surface area (TPSA) is 76.2 Å². The van der Waals surface area contributed by atoms with Crippen molar-refractivity contribution in [2.75, 3.05) is 32.0 Å². The third-order valence-corrected chi connectivity index (χ3v) is 6.39. The van der Waals surface area contributed by atoms with Gasteiger partial charge in [0, 0.05) is 29.5 Å². The molecule has 0 saturated heterocycles. The molecule has 0 radical (unpaired) electrons. The van der Waals surface area contributed by atoms with E-state index in [9.17, 15) is 4.79 Å². The molecule has 2 aromatic heterocycles. The number of thiophene rings is 1. The van der Waals surface area contributed by atoms with Crippen LogP contribution in [0.2, 0.25) is 5.02 Å². The fraction of sp³-hybridized carbons (Fsp3) is 0.400. The van der Waals surface area contributed by atoms with Crippen molar-refractivity contribution in [2.24, 2.45) is 5.73 Å². The Balaban J connectivity index is 1.87. The highest BCUT2D eigenvalue weighted by atomic mass is 35.5. The van der Waals surface area contributed by atoms with Gasteiger partial charge in [0.05, 0.1) is 11.1 Å². The predicted octanol–water partition coefficient (Wildman–Crippen LogP) is 3.24. The van der Waals surface area contributed by atoms with Crippen molar-refractivity contribution in [2.45, 2.75) is 25.8 Å². The number of likely N-dealkylation sites (N-methyl/N-ethyl adjacent to an activating group) is 1. The van der Waals surface area contributed by atoms with Crippen LogP contribution in [0.3, 0.4) is 0 Å². The molecule has 8 heteroatoms. The van der Waals surface area contributed by atoms with E-state index in [0.717, 1.165) is 53.8 Å². The molecule has 0 amide bonds. The van der Waals surface area contributed by atoms with E-state index in [0.29, 0.717) is 24.1 Å². The summed E-state index contributed by atoms with van der Waals surface area (Å²) in [5.41, 5.74) is 7.44. The van der Waals surface area contributed by atoms with Crippen molar-refractivity contribution >= 4 is 39.1 Å². The molecule has 0 saturated carbocycles. The normalized spacial score (nSPS) is 14.4. The maximum absolute atomic E-state index is 13.6. The predicted molar refractivity (Wildman–Crippen MR) is 117 cm³/mol. The Hall–Kier alpha value is -1.93. The van der Waals surface area contributed by atoms with Gasteiger partial charge in [0.2, 0.25) is 5.95 Å². The Morgan fingerprint density at radius 1 is 1.36 bits per heavy atom. The summed E-state index contributed by atoms with van der Waals surface area (Å²) in [5, 5.41) is 4.68. The van der Waals surface area contributed by atoms with Crippen molar-refractivity contribution in [3.63, 3.8) is 0 Å². The highest BCUT2D eigenvalue weighted by Gasteiger charge is 2.24. The zero-order chi connectivity index (χ0) is 19.7. The summed E-state index contributed by atoms with van der Waals surface area (Å²) in [6.07, 6.45) is 2.73. The molecule has 28 heavy (non-hydrogen) atoms. The lowest BCUT2D eigenvalue weighted by molar-refractivity contribution is 0.318. The summed E-state index contributed by atoms with van der Waals surface area (Å²) >= 11 is 7.83. The van der Waals surface area contributed by atoms with Crippen LogP contribution < -0.4 is 16.6 Å². The highest BCUT2D eigenvalue weighted by Crippen LogP contribution is 2.33. The molecule has 0 fully saturated rings. The number of rotatable bonds is 6. The SMILES string of the molecule is CN1CCc2c(sc3nc(NCCCCN)n(-c4cccc(Cl)c4)c(=O)c23)C1. The smallest absolute Gasteiger partial charge is 0.268 e. The Labute approximate surface area is 172 Å². The third kappa shape index (κ3) is 3.67. The summed E-state index contributed by atoms with van der Waals surface area (Å²) in [6, 6.07) is 7.34. The molecule has 4 rings (SSSR count). The van der Waals surface area contributed by atoms with Crippen LogP contribution in [0.15, 0.2) is 29.1 Å². The number of benzene rings is 1. The van der Waals surface area contributed by atoms with Crippen molar-refractivity contribution in [3.05, 3.63) is 50.1 Å². The second-order valence-corrected chi connectivity index (χ2v) is 8.67. The summed E-state index contributed by atoms with van der Waals surface area (Å²) in [5.74, 6) is 0.559. The molecule has 0 bridgehead atoms. The van der Waals surface area contributed by atoms with Crippen LogP contribution in [0, 0.1) is 0 Å². The Kier molecular flexibility index (Phi) is 5.68. The van der Waals surface area contributed by atoms with Gasteiger partial charge in [-0.3, -0.25) is 4.79 Å². The molecule has 6 nitrogen and oxygen atoms in total. The number of hydrogen-bond donors (Lipinski definition) is 2. The Bertz CT molecular complexity index is 1060. The average Bonchev–Trinajstić information content (AvgIpc) is 3.02. The quantitative estimate of drug-likeness (QED) is 0.602. The third-order valence-electron chi connectivity index (χ3n) is 5.05. The number of unbranched alkanes of at least 4 members (excludes halogenated alkanes) is 1. The Morgan fingerprint density at radius 2 is 2.21 bits per heavy atom. The van der Waals surface area contributed by atoms with E-state index in [1.54, 1.807) is 28.0 Å². The standard InChI is InChI=1S/C20H24ClN5OS/c1-25-10-7-15-16(12-25)28-18-17(15)19(27)26(14-6-4-5-13(21)11-14)20(24-18)23-9-3-2-8-22/h4-6,11H,2-3,7-10,12,22H2,1H3,(H,23,24). The van der Waals surface area contributed by atoms with Crippen molar-refractivity contribution < 1.29 is 0 Å². The minimum Gasteiger partial charge on any atom is -0.355 e. The monoisotopic (exact) mass is 417 g/mol. The van der Waals surface area contributed by atoms with E-state index < -0.39 is 0 Å². The zero-order valence-corrected chi connectivity index (χ0v) is 17.4. The summed E-state index contributed by atoms with van der Waals surface area (Å²) in [4.78, 5) is 22.8. The minimum absolute atomic E-state index is 0.0318. The molecular weight excluding hydrogens is 394 g/mol. The maximum Gasteiger partial charge on any atom is 0.268 e. The number of nitrogens with zero attached hydrogens (tertiary/aromatic N) is 3. The minimum atomic E-state index is -0.0318. The largest absolute Gasteiger partial charge is 0.355 e. The molecule has 0 atom stereocenters. The van der Waals surface area contributed by atoms with E-state index in [-0.39, 0.29) is 5.56 Å². The van der Waals surface area contributed by atoms with E-state index >= 15 is 0 Å². The first-order valence-corrected chi connectivity index (χ1v) is 10.7. The zero-order valence-electron chi connectivity index (χ0n) is 15.9. The van der Waals surface area contributed by atoms with Crippen LogP contribution in [0.5, 0.6) is 0 Å². The number of anilines is 1. The lowest BCUT2D eigenvalue weighted by atomic mass is 10.1. The maximum atomic E-state index is 13.6. The van der Waals surface area contributed by atoms with Gasteiger partial charge in [0.1, 0.15) is 4.83 Å². The molecule has 3 N–H and O–H groups in total. The summed E-state index contributed by atoms with van der Waals surface area (Å²) < 4.78 is 1.65. The average molecular weight is 418 g/mol. The fourth-order valence-corrected chi connectivity index (χ4v) is 5.09. The van der Waals surface area contributed by atoms with Gasteiger partial charge >= 0.3 is 0 Å². The molecule has 1 aliphatic rings. The number of nitrogens with one attached hydrogen (secondary N) is 1. The van der Waals surface area contributed by atoms with Gasteiger partial charge in [-0.05, 0) is 56.6 Å². The van der Waals surface area contributed by atoms with Gasteiger partial charge in [0.25, 0.3) is 5.56 Å². The van der Waals surface area contributed by atoms with Gasteiger partial charge in [-0.2, -0.15) is 0 Å². The van der Waals surface area contributed by atoms with E-state index in [1.807, 2.05) is 12.1 Å². The number of nitrogens with two attached hydrogens (primary N) is 1. The summed E-state index contributed by atoms with van der Waals surface area (Å²) in [6.45, 7) is 3.19. The molecule has 0 aliphatic carbocycles. The van der Waals surface area contributed by atoms with Crippen molar-refractivity contribution in [3.8, 4) is 5.69 Å². The molecule has 3 aromatic rings. The second-order valence-electron chi connectivity index (χ2n) is 7.15. The number of halogens is 1. The van der Waals surface area contributed by atoms with Gasteiger partial charge in [0.15, 0.2) is 0 Å². The van der Waals surface area contributed by atoms with Gasteiger partial charge in [-0.25, -0.2) is 9.55 Å². The van der Waals surface area contributed by atoms with Crippen LogP contribution in [-0.2, 0) is 13.0 Å². The molecule has 1 aliphatic heterocycles. The molecule has 0 spiro atoms. The van der Waals surface area contributed by atoms with E-state index in [1.165, 1.54) is 4.88 Å². The Morgan fingerprint density at radius 3 is 3.00 bits per heavy atom. The molecule has 3 heterocycles. The van der Waals surface area contributed by atoms with Gasteiger partial charge in [-0.1, -0.05) is 17.7 Å². The van der Waals surface area contributed by atoms with Crippen LogP contribution >= 0.6 is 22.9 Å². The van der Waals surface area contributed by atoms with Gasteiger partial charge < -0.3 is 16.0 Å².